The molecule has 0 aromatic heterocycles. The average molecular weight is 273 g/mol. The minimum Gasteiger partial charge on any atom is -0.315 e. The van der Waals surface area contributed by atoms with Gasteiger partial charge in [-0.25, -0.2) is 8.78 Å². The van der Waals surface area contributed by atoms with Crippen LogP contribution in [0.5, 0.6) is 0 Å². The Kier molecular flexibility index (Phi) is 7.92. The van der Waals surface area contributed by atoms with E-state index in [0.717, 1.165) is 0 Å². The predicted octanol–water partition coefficient (Wildman–Crippen LogP) is 0.596. The van der Waals surface area contributed by atoms with E-state index >= 15 is 0 Å². The van der Waals surface area contributed by atoms with Crippen molar-refractivity contribution < 1.29 is 8.78 Å². The molecular formula is C9H21F2N3S2. The summed E-state index contributed by atoms with van der Waals surface area (Å²) in [4.78, 5) is 0. The van der Waals surface area contributed by atoms with E-state index in [2.05, 4.69) is 41.2 Å². The molecule has 0 aromatic rings. The molecule has 0 amide bonds. The van der Waals surface area contributed by atoms with Crippen LogP contribution in [0.3, 0.4) is 0 Å². The predicted molar refractivity (Wildman–Crippen MR) is 71.0 cm³/mol. The normalized spacial score (nSPS) is 19.1. The molecule has 1 unspecified atom stereocenters. The SMILES string of the molecule is CCNC(F)(CS)CN[C@](F)(CS)CNC. The molecule has 3 N–H and O–H groups in total. The minimum absolute atomic E-state index is 0.0178. The van der Waals surface area contributed by atoms with E-state index in [1.165, 1.54) is 0 Å². The Morgan fingerprint density at radius 1 is 1.00 bits per heavy atom. The second kappa shape index (κ2) is 7.71. The monoisotopic (exact) mass is 273 g/mol. The number of halogens is 2. The molecule has 0 saturated heterocycles. The summed E-state index contributed by atoms with van der Waals surface area (Å²) < 4.78 is 27.9. The van der Waals surface area contributed by atoms with Crippen molar-refractivity contribution in [1.82, 2.24) is 16.0 Å². The van der Waals surface area contributed by atoms with Crippen molar-refractivity contribution in [3.8, 4) is 0 Å². The van der Waals surface area contributed by atoms with Gasteiger partial charge in [-0.05, 0) is 13.6 Å². The fourth-order valence-electron chi connectivity index (χ4n) is 1.24. The number of nitrogens with one attached hydrogen (secondary N) is 3. The molecule has 0 fully saturated rings. The lowest BCUT2D eigenvalue weighted by Gasteiger charge is -2.31. The lowest BCUT2D eigenvalue weighted by molar-refractivity contribution is 0.0831. The average Bonchev–Trinajstić information content (AvgIpc) is 2.27. The van der Waals surface area contributed by atoms with E-state index in [1.807, 2.05) is 0 Å². The number of alkyl halides is 2. The first-order valence-corrected chi connectivity index (χ1v) is 6.46. The Morgan fingerprint density at radius 3 is 1.88 bits per heavy atom. The quantitative estimate of drug-likeness (QED) is 0.315. The third kappa shape index (κ3) is 5.67. The Labute approximate surface area is 107 Å². The van der Waals surface area contributed by atoms with Gasteiger partial charge in [0, 0.05) is 24.6 Å². The molecule has 2 atom stereocenters. The number of hydrogen-bond donors (Lipinski definition) is 5. The zero-order valence-corrected chi connectivity index (χ0v) is 11.5. The van der Waals surface area contributed by atoms with Crippen LogP contribution >= 0.6 is 25.3 Å². The molecule has 0 radical (unpaired) electrons. The van der Waals surface area contributed by atoms with Crippen molar-refractivity contribution in [1.29, 1.82) is 0 Å². The van der Waals surface area contributed by atoms with Gasteiger partial charge < -0.3 is 5.32 Å². The van der Waals surface area contributed by atoms with Gasteiger partial charge >= 0.3 is 0 Å². The van der Waals surface area contributed by atoms with Gasteiger partial charge in [-0.3, -0.25) is 10.6 Å². The lowest BCUT2D eigenvalue weighted by atomic mass is 10.2. The van der Waals surface area contributed by atoms with Crippen LogP contribution in [0.1, 0.15) is 6.92 Å². The number of thiol groups is 2. The van der Waals surface area contributed by atoms with Crippen LogP contribution in [0, 0.1) is 0 Å². The molecule has 0 aliphatic rings. The molecule has 0 bridgehead atoms. The molecular weight excluding hydrogens is 252 g/mol. The Bertz CT molecular complexity index is 180. The molecule has 0 rings (SSSR count). The minimum atomic E-state index is -1.71. The van der Waals surface area contributed by atoms with E-state index in [1.54, 1.807) is 14.0 Å². The first-order chi connectivity index (χ1) is 7.45. The zero-order chi connectivity index (χ0) is 12.7. The van der Waals surface area contributed by atoms with Crippen LogP contribution in [0.4, 0.5) is 8.78 Å². The second-order valence-electron chi connectivity index (χ2n) is 3.66. The van der Waals surface area contributed by atoms with Gasteiger partial charge in [-0.1, -0.05) is 6.92 Å². The summed E-state index contributed by atoms with van der Waals surface area (Å²) in [7, 11) is 1.63. The Balaban J connectivity index is 4.26. The molecule has 0 aliphatic carbocycles. The number of hydrogen-bond acceptors (Lipinski definition) is 5. The maximum atomic E-state index is 14.0. The van der Waals surface area contributed by atoms with Crippen LogP contribution in [-0.2, 0) is 0 Å². The summed E-state index contributed by atoms with van der Waals surface area (Å²) in [5.41, 5.74) is 0. The van der Waals surface area contributed by atoms with Gasteiger partial charge in [0.25, 0.3) is 0 Å². The summed E-state index contributed by atoms with van der Waals surface area (Å²) >= 11 is 7.82. The molecule has 0 aliphatic heterocycles. The summed E-state index contributed by atoms with van der Waals surface area (Å²) in [5.74, 6) is -3.46. The highest BCUT2D eigenvalue weighted by Gasteiger charge is 2.33. The largest absolute Gasteiger partial charge is 0.315 e. The van der Waals surface area contributed by atoms with Crippen molar-refractivity contribution in [2.24, 2.45) is 0 Å². The van der Waals surface area contributed by atoms with Crippen molar-refractivity contribution in [3.63, 3.8) is 0 Å². The molecule has 0 saturated carbocycles. The third-order valence-electron chi connectivity index (χ3n) is 2.14. The van der Waals surface area contributed by atoms with Crippen LogP contribution < -0.4 is 16.0 Å². The fraction of sp³-hybridized carbons (Fsp3) is 1.00. The summed E-state index contributed by atoms with van der Waals surface area (Å²) in [6.45, 7) is 2.17. The van der Waals surface area contributed by atoms with Crippen molar-refractivity contribution >= 4 is 25.3 Å². The van der Waals surface area contributed by atoms with Gasteiger partial charge in [0.2, 0.25) is 0 Å². The van der Waals surface area contributed by atoms with E-state index in [4.69, 9.17) is 0 Å². The zero-order valence-electron chi connectivity index (χ0n) is 9.69. The first-order valence-electron chi connectivity index (χ1n) is 5.19. The maximum Gasteiger partial charge on any atom is 0.183 e. The molecule has 98 valence electrons. The molecule has 0 aromatic carbocycles. The Hall–Kier alpha value is 0.440. The number of likely N-dealkylation sites (N-methyl/N-ethyl adjacent to an activating group) is 2. The summed E-state index contributed by atoms with van der Waals surface area (Å²) in [6, 6.07) is 0. The van der Waals surface area contributed by atoms with Crippen LogP contribution in [0.2, 0.25) is 0 Å². The van der Waals surface area contributed by atoms with Crippen LogP contribution in [0.15, 0.2) is 0 Å². The van der Waals surface area contributed by atoms with Crippen molar-refractivity contribution in [3.05, 3.63) is 0 Å². The van der Waals surface area contributed by atoms with E-state index < -0.39 is 11.6 Å². The van der Waals surface area contributed by atoms with Gasteiger partial charge in [0.1, 0.15) is 0 Å². The topological polar surface area (TPSA) is 36.1 Å². The summed E-state index contributed by atoms with van der Waals surface area (Å²) in [6.07, 6.45) is 0. The lowest BCUT2D eigenvalue weighted by Crippen LogP contribution is -2.58. The van der Waals surface area contributed by atoms with Gasteiger partial charge in [0.15, 0.2) is 11.6 Å². The third-order valence-corrected chi connectivity index (χ3v) is 3.14. The maximum absolute atomic E-state index is 14.0. The molecule has 7 heteroatoms. The highest BCUT2D eigenvalue weighted by molar-refractivity contribution is 7.80. The standard InChI is InChI=1S/C9H21F2N3S2/c1-3-13-9(11,7-16)5-14-8(10,6-15)4-12-2/h12-16H,3-7H2,1-2H3/t8-,9?/m0/s1. The molecule has 16 heavy (non-hydrogen) atoms. The van der Waals surface area contributed by atoms with E-state index in [9.17, 15) is 8.78 Å². The Morgan fingerprint density at radius 2 is 1.50 bits per heavy atom. The second-order valence-corrected chi connectivity index (χ2v) is 4.29. The summed E-state index contributed by atoms with van der Waals surface area (Å²) in [5, 5.41) is 7.86. The van der Waals surface area contributed by atoms with Gasteiger partial charge in [-0.2, -0.15) is 25.3 Å². The molecule has 0 heterocycles. The van der Waals surface area contributed by atoms with E-state index in [-0.39, 0.29) is 24.6 Å². The fourth-order valence-corrected chi connectivity index (χ4v) is 1.69. The number of rotatable bonds is 9. The highest BCUT2D eigenvalue weighted by Crippen LogP contribution is 2.13. The van der Waals surface area contributed by atoms with Gasteiger partial charge in [-0.15, -0.1) is 0 Å². The smallest absolute Gasteiger partial charge is 0.183 e. The molecule has 3 nitrogen and oxygen atoms in total. The van der Waals surface area contributed by atoms with Crippen LogP contribution in [-0.4, -0.2) is 49.8 Å². The van der Waals surface area contributed by atoms with Crippen molar-refractivity contribution in [2.75, 3.05) is 38.2 Å². The van der Waals surface area contributed by atoms with Crippen LogP contribution in [0.25, 0.3) is 0 Å². The van der Waals surface area contributed by atoms with Gasteiger partial charge in [0.05, 0.1) is 0 Å². The molecule has 0 spiro atoms. The van der Waals surface area contributed by atoms with E-state index in [0.29, 0.717) is 6.54 Å². The highest BCUT2D eigenvalue weighted by atomic mass is 32.1. The van der Waals surface area contributed by atoms with Crippen molar-refractivity contribution in [2.45, 2.75) is 18.5 Å². The first kappa shape index (κ1) is 16.4.